The summed E-state index contributed by atoms with van der Waals surface area (Å²) in [6.07, 6.45) is 0.0931. The smallest absolute Gasteiger partial charge is 0.261 e. The van der Waals surface area contributed by atoms with Crippen LogP contribution < -0.4 is 14.8 Å². The van der Waals surface area contributed by atoms with Gasteiger partial charge in [0.25, 0.3) is 5.91 Å². The highest BCUT2D eigenvalue weighted by atomic mass is 16.5. The molecule has 2 aromatic rings. The molecule has 0 saturated carbocycles. The van der Waals surface area contributed by atoms with Crippen molar-refractivity contribution in [1.29, 1.82) is 0 Å². The molecule has 0 fully saturated rings. The molecule has 0 aliphatic rings. The fourth-order valence-electron chi connectivity index (χ4n) is 2.74. The molecule has 2 atom stereocenters. The molecular formula is C22H29NO3. The molecule has 0 unspecified atom stereocenters. The quantitative estimate of drug-likeness (QED) is 0.744. The van der Waals surface area contributed by atoms with Gasteiger partial charge in [-0.1, -0.05) is 31.2 Å². The van der Waals surface area contributed by atoms with Crippen molar-refractivity contribution in [3.05, 3.63) is 59.2 Å². The molecule has 0 saturated heterocycles. The lowest BCUT2D eigenvalue weighted by atomic mass is 10.1. The summed E-state index contributed by atoms with van der Waals surface area (Å²) < 4.78 is 11.4. The molecule has 0 heterocycles. The van der Waals surface area contributed by atoms with Crippen molar-refractivity contribution in [3.8, 4) is 11.5 Å². The van der Waals surface area contributed by atoms with E-state index in [1.54, 1.807) is 0 Å². The average molecular weight is 355 g/mol. The van der Waals surface area contributed by atoms with Crippen molar-refractivity contribution in [3.63, 3.8) is 0 Å². The summed E-state index contributed by atoms with van der Waals surface area (Å²) in [7, 11) is 0. The maximum absolute atomic E-state index is 12.7. The third kappa shape index (κ3) is 5.01. The number of hydrogen-bond acceptors (Lipinski definition) is 3. The first-order valence-corrected chi connectivity index (χ1v) is 9.22. The van der Waals surface area contributed by atoms with E-state index in [0.717, 1.165) is 28.2 Å². The van der Waals surface area contributed by atoms with E-state index in [9.17, 15) is 4.79 Å². The monoisotopic (exact) mass is 355 g/mol. The molecule has 0 aromatic heterocycles. The topological polar surface area (TPSA) is 47.6 Å². The van der Waals surface area contributed by atoms with Crippen LogP contribution in [-0.2, 0) is 4.79 Å². The van der Waals surface area contributed by atoms with E-state index in [4.69, 9.17) is 9.47 Å². The largest absolute Gasteiger partial charge is 0.494 e. The molecule has 2 rings (SSSR count). The third-order valence-corrected chi connectivity index (χ3v) is 4.54. The van der Waals surface area contributed by atoms with Crippen LogP contribution in [0.1, 0.15) is 49.9 Å². The molecule has 4 nitrogen and oxygen atoms in total. The summed E-state index contributed by atoms with van der Waals surface area (Å²) in [6, 6.07) is 13.6. The lowest BCUT2D eigenvalue weighted by Crippen LogP contribution is -2.39. The predicted octanol–water partition coefficient (Wildman–Crippen LogP) is 4.74. The van der Waals surface area contributed by atoms with Gasteiger partial charge >= 0.3 is 0 Å². The molecule has 2 aromatic carbocycles. The Kier molecular flexibility index (Phi) is 7.07. The number of amides is 1. The van der Waals surface area contributed by atoms with Gasteiger partial charge in [-0.15, -0.1) is 0 Å². The molecule has 0 aliphatic heterocycles. The Morgan fingerprint density at radius 1 is 1.08 bits per heavy atom. The summed E-state index contributed by atoms with van der Waals surface area (Å²) in [6.45, 7) is 10.6. The van der Waals surface area contributed by atoms with E-state index in [1.165, 1.54) is 0 Å². The van der Waals surface area contributed by atoms with Gasteiger partial charge in [0, 0.05) is 0 Å². The minimum absolute atomic E-state index is 0.102. The normalized spacial score (nSPS) is 13.0. The predicted molar refractivity (Wildman–Crippen MR) is 105 cm³/mol. The Labute approximate surface area is 156 Å². The Hall–Kier alpha value is -2.49. The van der Waals surface area contributed by atoms with Crippen LogP contribution in [0.25, 0.3) is 0 Å². The standard InChI is InChI=1S/C22H29NO3/c1-6-20(26-21-10-8-9-15(3)16(21)4)22(24)23-17(5)18-11-13-19(14-12-18)25-7-2/h8-14,17,20H,6-7H2,1-5H3,(H,23,24)/t17-,20+/m1/s1. The zero-order valence-corrected chi connectivity index (χ0v) is 16.3. The Morgan fingerprint density at radius 3 is 2.38 bits per heavy atom. The number of hydrogen-bond donors (Lipinski definition) is 1. The van der Waals surface area contributed by atoms with Crippen LogP contribution in [0.4, 0.5) is 0 Å². The third-order valence-electron chi connectivity index (χ3n) is 4.54. The summed E-state index contributed by atoms with van der Waals surface area (Å²) >= 11 is 0. The molecule has 0 bridgehead atoms. The van der Waals surface area contributed by atoms with Crippen LogP contribution in [0.2, 0.25) is 0 Å². The van der Waals surface area contributed by atoms with Gasteiger partial charge in [0.15, 0.2) is 6.10 Å². The van der Waals surface area contributed by atoms with Crippen LogP contribution in [0.5, 0.6) is 11.5 Å². The second-order valence-corrected chi connectivity index (χ2v) is 6.45. The molecule has 1 amide bonds. The minimum atomic E-state index is -0.513. The number of nitrogens with one attached hydrogen (secondary N) is 1. The number of carbonyl (C=O) groups is 1. The zero-order chi connectivity index (χ0) is 19.1. The van der Waals surface area contributed by atoms with E-state index >= 15 is 0 Å². The van der Waals surface area contributed by atoms with Crippen LogP contribution in [0.15, 0.2) is 42.5 Å². The highest BCUT2D eigenvalue weighted by Crippen LogP contribution is 2.23. The number of benzene rings is 2. The number of aryl methyl sites for hydroxylation is 1. The molecule has 1 N–H and O–H groups in total. The van der Waals surface area contributed by atoms with Gasteiger partial charge in [-0.25, -0.2) is 0 Å². The fourth-order valence-corrected chi connectivity index (χ4v) is 2.74. The number of ether oxygens (including phenoxy) is 2. The van der Waals surface area contributed by atoms with Crippen LogP contribution in [0.3, 0.4) is 0 Å². The lowest BCUT2D eigenvalue weighted by molar-refractivity contribution is -0.128. The van der Waals surface area contributed by atoms with Crippen LogP contribution >= 0.6 is 0 Å². The maximum atomic E-state index is 12.7. The highest BCUT2D eigenvalue weighted by molar-refractivity contribution is 5.81. The molecular weight excluding hydrogens is 326 g/mol. The SMILES string of the molecule is CCOc1ccc([C@@H](C)NC(=O)[C@H](CC)Oc2cccc(C)c2C)cc1. The van der Waals surface area contributed by atoms with Gasteiger partial charge in [0.05, 0.1) is 12.6 Å². The van der Waals surface area contributed by atoms with Gasteiger partial charge in [-0.2, -0.15) is 0 Å². The zero-order valence-electron chi connectivity index (χ0n) is 16.3. The molecule has 0 aliphatic carbocycles. The molecule has 140 valence electrons. The first-order valence-electron chi connectivity index (χ1n) is 9.22. The fraction of sp³-hybridized carbons (Fsp3) is 0.409. The average Bonchev–Trinajstić information content (AvgIpc) is 2.63. The van der Waals surface area contributed by atoms with Crippen molar-refractivity contribution in [1.82, 2.24) is 5.32 Å². The number of rotatable bonds is 8. The maximum Gasteiger partial charge on any atom is 0.261 e. The van der Waals surface area contributed by atoms with Crippen molar-refractivity contribution in [2.75, 3.05) is 6.61 Å². The van der Waals surface area contributed by atoms with Gasteiger partial charge in [-0.3, -0.25) is 4.79 Å². The van der Waals surface area contributed by atoms with E-state index < -0.39 is 6.10 Å². The van der Waals surface area contributed by atoms with E-state index in [1.807, 2.05) is 77.1 Å². The van der Waals surface area contributed by atoms with Gasteiger partial charge in [0.1, 0.15) is 11.5 Å². The molecule has 0 spiro atoms. The minimum Gasteiger partial charge on any atom is -0.494 e. The Balaban J connectivity index is 2.02. The van der Waals surface area contributed by atoms with E-state index in [0.29, 0.717) is 13.0 Å². The van der Waals surface area contributed by atoms with E-state index in [-0.39, 0.29) is 11.9 Å². The van der Waals surface area contributed by atoms with Gasteiger partial charge < -0.3 is 14.8 Å². The van der Waals surface area contributed by atoms with Crippen LogP contribution in [-0.4, -0.2) is 18.6 Å². The Morgan fingerprint density at radius 2 is 1.77 bits per heavy atom. The summed E-state index contributed by atoms with van der Waals surface area (Å²) in [4.78, 5) is 12.7. The summed E-state index contributed by atoms with van der Waals surface area (Å²) in [5.41, 5.74) is 3.25. The summed E-state index contributed by atoms with van der Waals surface area (Å²) in [5.74, 6) is 1.50. The first-order chi connectivity index (χ1) is 12.5. The van der Waals surface area contributed by atoms with Crippen molar-refractivity contribution >= 4 is 5.91 Å². The van der Waals surface area contributed by atoms with Gasteiger partial charge in [-0.05, 0) is 69.0 Å². The highest BCUT2D eigenvalue weighted by Gasteiger charge is 2.21. The molecule has 0 radical (unpaired) electrons. The second kappa shape index (κ2) is 9.27. The lowest BCUT2D eigenvalue weighted by Gasteiger charge is -2.22. The Bertz CT molecular complexity index is 725. The van der Waals surface area contributed by atoms with Crippen molar-refractivity contribution < 1.29 is 14.3 Å². The first kappa shape index (κ1) is 19.8. The molecule has 26 heavy (non-hydrogen) atoms. The van der Waals surface area contributed by atoms with Crippen LogP contribution in [0, 0.1) is 13.8 Å². The van der Waals surface area contributed by atoms with Crippen molar-refractivity contribution in [2.45, 2.75) is 53.2 Å². The molecule has 4 heteroatoms. The number of carbonyl (C=O) groups excluding carboxylic acids is 1. The summed E-state index contributed by atoms with van der Waals surface area (Å²) in [5, 5.41) is 3.05. The van der Waals surface area contributed by atoms with Gasteiger partial charge in [0.2, 0.25) is 0 Å². The van der Waals surface area contributed by atoms with E-state index in [2.05, 4.69) is 5.32 Å². The second-order valence-electron chi connectivity index (χ2n) is 6.45. The van der Waals surface area contributed by atoms with Crippen molar-refractivity contribution in [2.24, 2.45) is 0 Å².